The molecule has 4 rings (SSSR count). The second kappa shape index (κ2) is 9.57. The Morgan fingerprint density at radius 2 is 1.74 bits per heavy atom. The number of para-hydroxylation sites is 2. The molecule has 5 nitrogen and oxygen atoms in total. The smallest absolute Gasteiger partial charge is 0.259 e. The fourth-order valence-corrected chi connectivity index (χ4v) is 3.71. The van der Waals surface area contributed by atoms with Crippen LogP contribution in [0.2, 0.25) is 0 Å². The highest BCUT2D eigenvalue weighted by Gasteiger charge is 2.13. The predicted octanol–water partition coefficient (Wildman–Crippen LogP) is 5.51. The lowest BCUT2D eigenvalue weighted by Gasteiger charge is -2.13. The molecule has 0 fully saturated rings. The normalized spacial score (nSPS) is 11.5. The van der Waals surface area contributed by atoms with Gasteiger partial charge >= 0.3 is 0 Å². The lowest BCUT2D eigenvalue weighted by atomic mass is 10.1. The first-order chi connectivity index (χ1) is 15.1. The molecule has 0 unspecified atom stereocenters. The van der Waals surface area contributed by atoms with Gasteiger partial charge in [-0.3, -0.25) is 15.1 Å². The maximum Gasteiger partial charge on any atom is 0.259 e. The molecule has 1 amide bonds. The number of benzene rings is 3. The number of nitrogens with zero attached hydrogens (tertiary/aromatic N) is 1. The number of hydrogen-bond donors (Lipinski definition) is 3. The Bertz CT molecular complexity index is 1250. The van der Waals surface area contributed by atoms with Crippen molar-refractivity contribution in [2.45, 2.75) is 6.42 Å². The van der Waals surface area contributed by atoms with Crippen molar-refractivity contribution in [1.82, 2.24) is 10.3 Å². The van der Waals surface area contributed by atoms with Gasteiger partial charge in [0.2, 0.25) is 5.96 Å². The molecule has 0 bridgehead atoms. The van der Waals surface area contributed by atoms with Gasteiger partial charge in [0.25, 0.3) is 5.91 Å². The summed E-state index contributed by atoms with van der Waals surface area (Å²) in [7, 11) is 0. The minimum Gasteiger partial charge on any atom is -0.361 e. The van der Waals surface area contributed by atoms with Crippen LogP contribution in [0.15, 0.2) is 88.5 Å². The molecule has 3 N–H and O–H groups in total. The number of fused-ring (bicyclic) bond motifs is 1. The van der Waals surface area contributed by atoms with E-state index in [1.807, 2.05) is 30.5 Å². The number of hydrogen-bond acceptors (Lipinski definition) is 2. The highest BCUT2D eigenvalue weighted by Crippen LogP contribution is 2.19. The molecule has 0 atom stereocenters. The SMILES string of the molecule is O=C(NC(=NCCc1c[nH]c2ccccc12)Nc1ccccc1F)c1ccccc1Br. The van der Waals surface area contributed by atoms with Crippen molar-refractivity contribution in [2.24, 2.45) is 4.99 Å². The molecule has 0 aliphatic carbocycles. The average Bonchev–Trinajstić information content (AvgIpc) is 3.18. The Labute approximate surface area is 187 Å². The molecule has 0 aliphatic rings. The van der Waals surface area contributed by atoms with Crippen molar-refractivity contribution in [3.05, 3.63) is 100 Å². The van der Waals surface area contributed by atoms with Crippen LogP contribution in [0.4, 0.5) is 10.1 Å². The largest absolute Gasteiger partial charge is 0.361 e. The van der Waals surface area contributed by atoms with Gasteiger partial charge < -0.3 is 10.3 Å². The number of rotatable bonds is 5. The number of amides is 1. The quantitative estimate of drug-likeness (QED) is 0.261. The van der Waals surface area contributed by atoms with Crippen molar-refractivity contribution >= 4 is 44.4 Å². The van der Waals surface area contributed by atoms with Crippen LogP contribution in [0, 0.1) is 5.82 Å². The summed E-state index contributed by atoms with van der Waals surface area (Å²) in [6.07, 6.45) is 2.63. The Kier molecular flexibility index (Phi) is 6.43. The summed E-state index contributed by atoms with van der Waals surface area (Å²) < 4.78 is 14.8. The standard InChI is InChI=1S/C24H20BrFN4O/c25-19-9-3-1-8-18(19)23(31)30-24(29-22-12-6-4-10-20(22)26)27-14-13-16-15-28-21-11-5-2-7-17(16)21/h1-12,15,28H,13-14H2,(H2,27,29,30,31). The van der Waals surface area contributed by atoms with Crippen LogP contribution in [0.1, 0.15) is 15.9 Å². The van der Waals surface area contributed by atoms with Crippen molar-refractivity contribution in [3.8, 4) is 0 Å². The Morgan fingerprint density at radius 3 is 2.58 bits per heavy atom. The highest BCUT2D eigenvalue weighted by atomic mass is 79.9. The lowest BCUT2D eigenvalue weighted by molar-refractivity contribution is 0.0976. The van der Waals surface area contributed by atoms with E-state index in [4.69, 9.17) is 0 Å². The van der Waals surface area contributed by atoms with E-state index in [0.717, 1.165) is 16.5 Å². The van der Waals surface area contributed by atoms with E-state index in [1.54, 1.807) is 36.4 Å². The topological polar surface area (TPSA) is 69.3 Å². The van der Waals surface area contributed by atoms with Crippen molar-refractivity contribution in [3.63, 3.8) is 0 Å². The van der Waals surface area contributed by atoms with Gasteiger partial charge in [-0.2, -0.15) is 0 Å². The van der Waals surface area contributed by atoms with E-state index in [2.05, 4.69) is 42.6 Å². The lowest BCUT2D eigenvalue weighted by Crippen LogP contribution is -2.36. The molecular weight excluding hydrogens is 459 g/mol. The van der Waals surface area contributed by atoms with Gasteiger partial charge in [-0.15, -0.1) is 0 Å². The molecule has 0 spiro atoms. The third-order valence-corrected chi connectivity index (χ3v) is 5.49. The van der Waals surface area contributed by atoms with E-state index in [1.165, 1.54) is 6.07 Å². The van der Waals surface area contributed by atoms with E-state index >= 15 is 0 Å². The molecule has 0 saturated heterocycles. The zero-order valence-electron chi connectivity index (χ0n) is 16.5. The molecule has 0 aliphatic heterocycles. The zero-order valence-corrected chi connectivity index (χ0v) is 18.1. The van der Waals surface area contributed by atoms with Crippen LogP contribution in [0.5, 0.6) is 0 Å². The first-order valence-corrected chi connectivity index (χ1v) is 10.6. The van der Waals surface area contributed by atoms with Crippen LogP contribution in [-0.2, 0) is 6.42 Å². The van der Waals surface area contributed by atoms with Crippen LogP contribution >= 0.6 is 15.9 Å². The predicted molar refractivity (Wildman–Crippen MR) is 126 cm³/mol. The highest BCUT2D eigenvalue weighted by molar-refractivity contribution is 9.10. The van der Waals surface area contributed by atoms with E-state index in [-0.39, 0.29) is 17.6 Å². The number of nitrogens with one attached hydrogen (secondary N) is 3. The van der Waals surface area contributed by atoms with Crippen molar-refractivity contribution < 1.29 is 9.18 Å². The first-order valence-electron chi connectivity index (χ1n) is 9.78. The second-order valence-corrected chi connectivity index (χ2v) is 7.73. The van der Waals surface area contributed by atoms with Gasteiger partial charge in [0.05, 0.1) is 11.3 Å². The van der Waals surface area contributed by atoms with Crippen molar-refractivity contribution in [2.75, 3.05) is 11.9 Å². The van der Waals surface area contributed by atoms with Gasteiger partial charge in [-0.05, 0) is 58.2 Å². The minimum absolute atomic E-state index is 0.186. The summed E-state index contributed by atoms with van der Waals surface area (Å²) in [6, 6.07) is 21.4. The third-order valence-electron chi connectivity index (χ3n) is 4.80. The second-order valence-electron chi connectivity index (χ2n) is 6.88. The van der Waals surface area contributed by atoms with Gasteiger partial charge in [-0.25, -0.2) is 4.39 Å². The van der Waals surface area contributed by atoms with Gasteiger partial charge in [0.15, 0.2) is 0 Å². The van der Waals surface area contributed by atoms with Gasteiger partial charge in [-0.1, -0.05) is 42.5 Å². The monoisotopic (exact) mass is 478 g/mol. The van der Waals surface area contributed by atoms with Crippen LogP contribution < -0.4 is 10.6 Å². The number of H-pyrrole nitrogens is 1. The number of aliphatic imine (C=N–C) groups is 1. The molecule has 156 valence electrons. The van der Waals surface area contributed by atoms with Crippen LogP contribution in [-0.4, -0.2) is 23.4 Å². The molecule has 3 aromatic carbocycles. The van der Waals surface area contributed by atoms with Crippen LogP contribution in [0.25, 0.3) is 10.9 Å². The van der Waals surface area contributed by atoms with E-state index < -0.39 is 5.82 Å². The Balaban J connectivity index is 1.54. The molecule has 31 heavy (non-hydrogen) atoms. The maximum atomic E-state index is 14.2. The average molecular weight is 479 g/mol. The molecule has 1 aromatic heterocycles. The number of guanidine groups is 1. The fourth-order valence-electron chi connectivity index (χ4n) is 3.25. The minimum atomic E-state index is -0.429. The summed E-state index contributed by atoms with van der Waals surface area (Å²) in [6.45, 7) is 0.412. The molecule has 7 heteroatoms. The maximum absolute atomic E-state index is 14.2. The summed E-state index contributed by atoms with van der Waals surface area (Å²) in [4.78, 5) is 20.5. The first kappa shape index (κ1) is 20.8. The van der Waals surface area contributed by atoms with E-state index in [0.29, 0.717) is 23.0 Å². The molecule has 4 aromatic rings. The molecule has 1 heterocycles. The number of aromatic amines is 1. The number of halogens is 2. The zero-order chi connectivity index (χ0) is 21.6. The molecule has 0 radical (unpaired) electrons. The Morgan fingerprint density at radius 1 is 1.00 bits per heavy atom. The number of carbonyl (C=O) groups excluding carboxylic acids is 1. The van der Waals surface area contributed by atoms with Crippen molar-refractivity contribution in [1.29, 1.82) is 0 Å². The number of anilines is 1. The van der Waals surface area contributed by atoms with Crippen LogP contribution in [0.3, 0.4) is 0 Å². The van der Waals surface area contributed by atoms with E-state index in [9.17, 15) is 9.18 Å². The van der Waals surface area contributed by atoms with Gasteiger partial charge in [0, 0.05) is 28.1 Å². The number of aromatic nitrogens is 1. The van der Waals surface area contributed by atoms with Gasteiger partial charge in [0.1, 0.15) is 5.82 Å². The summed E-state index contributed by atoms with van der Waals surface area (Å²) >= 11 is 3.38. The summed E-state index contributed by atoms with van der Waals surface area (Å²) in [5.74, 6) is -0.588. The third kappa shape index (κ3) is 5.00. The number of carbonyl (C=O) groups is 1. The summed E-state index contributed by atoms with van der Waals surface area (Å²) in [5, 5.41) is 6.80. The molecule has 0 saturated carbocycles. The molecular formula is C24H20BrFN4O. The Hall–Kier alpha value is -3.45. The summed E-state index contributed by atoms with van der Waals surface area (Å²) in [5.41, 5.74) is 2.89. The fraction of sp³-hybridized carbons (Fsp3) is 0.0833.